The van der Waals surface area contributed by atoms with Crippen molar-refractivity contribution in [2.24, 2.45) is 0 Å². The van der Waals surface area contributed by atoms with Gasteiger partial charge in [0.2, 0.25) is 0 Å². The van der Waals surface area contributed by atoms with E-state index in [1.54, 1.807) is 22.7 Å². The predicted octanol–water partition coefficient (Wildman–Crippen LogP) is 3.16. The molecule has 5 nitrogen and oxygen atoms in total. The highest BCUT2D eigenvalue weighted by molar-refractivity contribution is 7.13. The highest BCUT2D eigenvalue weighted by Crippen LogP contribution is 2.26. The molecule has 1 amide bonds. The Balaban J connectivity index is 1.41. The van der Waals surface area contributed by atoms with Crippen molar-refractivity contribution >= 4 is 34.4 Å². The first kappa shape index (κ1) is 14.5. The first-order valence-corrected chi connectivity index (χ1v) is 9.29. The molecule has 0 unspecified atom stereocenters. The molecule has 3 aromatic heterocycles. The highest BCUT2D eigenvalue weighted by Gasteiger charge is 2.23. The largest absolute Gasteiger partial charge is 0.352 e. The van der Waals surface area contributed by atoms with E-state index in [0.717, 1.165) is 43.3 Å². The van der Waals surface area contributed by atoms with E-state index in [2.05, 4.69) is 32.6 Å². The van der Waals surface area contributed by atoms with E-state index >= 15 is 0 Å². The molecule has 4 heterocycles. The van der Waals surface area contributed by atoms with Crippen LogP contribution in [0.25, 0.3) is 10.6 Å². The Morgan fingerprint density at radius 2 is 2.04 bits per heavy atom. The van der Waals surface area contributed by atoms with Gasteiger partial charge in [0.15, 0.2) is 5.82 Å². The number of carbonyl (C=O) groups excluding carboxylic acids is 1. The second-order valence-corrected chi connectivity index (χ2v) is 7.14. The number of thiophene rings is 2. The maximum atomic E-state index is 12.4. The van der Waals surface area contributed by atoms with Crippen LogP contribution in [0.5, 0.6) is 0 Å². The van der Waals surface area contributed by atoms with E-state index in [-0.39, 0.29) is 5.91 Å². The molecule has 0 bridgehead atoms. The van der Waals surface area contributed by atoms with Crippen LogP contribution >= 0.6 is 22.7 Å². The van der Waals surface area contributed by atoms with Crippen LogP contribution in [0.4, 0.5) is 5.82 Å². The Bertz CT molecular complexity index is 771. The van der Waals surface area contributed by atoms with Gasteiger partial charge < -0.3 is 9.80 Å². The Morgan fingerprint density at radius 3 is 2.74 bits per heavy atom. The number of aromatic nitrogens is 2. The van der Waals surface area contributed by atoms with Crippen molar-refractivity contribution in [3.05, 3.63) is 46.0 Å². The molecule has 0 saturated carbocycles. The van der Waals surface area contributed by atoms with Crippen LogP contribution in [-0.2, 0) is 0 Å². The highest BCUT2D eigenvalue weighted by atomic mass is 32.1. The minimum absolute atomic E-state index is 0.132. The average Bonchev–Trinajstić information content (AvgIpc) is 3.36. The molecule has 3 aromatic rings. The number of nitrogens with one attached hydrogen (secondary N) is 1. The standard InChI is InChI=1S/C16H16N4OS2/c21-16(12-3-9-22-11-12)20-6-4-19(5-7-20)15-10-13(17-18-15)14-2-1-8-23-14/h1-3,8-11H,4-7H2,(H,17,18). The van der Waals surface area contributed by atoms with Crippen molar-refractivity contribution in [3.63, 3.8) is 0 Å². The molecule has 118 valence electrons. The smallest absolute Gasteiger partial charge is 0.254 e. The van der Waals surface area contributed by atoms with Gasteiger partial charge in [0.05, 0.1) is 16.1 Å². The van der Waals surface area contributed by atoms with Gasteiger partial charge in [-0.2, -0.15) is 16.4 Å². The summed E-state index contributed by atoms with van der Waals surface area (Å²) in [7, 11) is 0. The van der Waals surface area contributed by atoms with Gasteiger partial charge >= 0.3 is 0 Å². The van der Waals surface area contributed by atoms with Gasteiger partial charge in [-0.05, 0) is 22.9 Å². The van der Waals surface area contributed by atoms with Crippen LogP contribution in [0.2, 0.25) is 0 Å². The summed E-state index contributed by atoms with van der Waals surface area (Å²) >= 11 is 3.26. The van der Waals surface area contributed by atoms with E-state index in [4.69, 9.17) is 0 Å². The minimum Gasteiger partial charge on any atom is -0.352 e. The van der Waals surface area contributed by atoms with Crippen molar-refractivity contribution in [2.75, 3.05) is 31.1 Å². The van der Waals surface area contributed by atoms with E-state index in [1.807, 2.05) is 27.8 Å². The van der Waals surface area contributed by atoms with Gasteiger partial charge in [-0.25, -0.2) is 0 Å². The zero-order valence-electron chi connectivity index (χ0n) is 12.4. The number of H-pyrrole nitrogens is 1. The maximum absolute atomic E-state index is 12.4. The van der Waals surface area contributed by atoms with E-state index in [0.29, 0.717) is 0 Å². The number of rotatable bonds is 3. The third-order valence-electron chi connectivity index (χ3n) is 4.01. The lowest BCUT2D eigenvalue weighted by molar-refractivity contribution is 0.0747. The van der Waals surface area contributed by atoms with Gasteiger partial charge in [-0.3, -0.25) is 9.89 Å². The fourth-order valence-electron chi connectivity index (χ4n) is 2.74. The predicted molar refractivity (Wildman–Crippen MR) is 94.3 cm³/mol. The van der Waals surface area contributed by atoms with Crippen LogP contribution in [0, 0.1) is 0 Å². The summed E-state index contributed by atoms with van der Waals surface area (Å²) in [6, 6.07) is 8.09. The molecule has 0 aromatic carbocycles. The number of piperazine rings is 1. The van der Waals surface area contributed by atoms with E-state index < -0.39 is 0 Å². The fraction of sp³-hybridized carbons (Fsp3) is 0.250. The first-order valence-electron chi connectivity index (χ1n) is 7.47. The van der Waals surface area contributed by atoms with E-state index in [9.17, 15) is 4.79 Å². The topological polar surface area (TPSA) is 52.2 Å². The molecule has 1 saturated heterocycles. The van der Waals surface area contributed by atoms with Crippen molar-refractivity contribution in [3.8, 4) is 10.6 Å². The lowest BCUT2D eigenvalue weighted by Gasteiger charge is -2.34. The van der Waals surface area contributed by atoms with Gasteiger partial charge in [-0.1, -0.05) is 6.07 Å². The van der Waals surface area contributed by atoms with Crippen molar-refractivity contribution in [1.29, 1.82) is 0 Å². The summed E-state index contributed by atoms with van der Waals surface area (Å²) in [5, 5.41) is 13.4. The third-order valence-corrected chi connectivity index (χ3v) is 5.60. The first-order chi connectivity index (χ1) is 11.3. The monoisotopic (exact) mass is 344 g/mol. The van der Waals surface area contributed by atoms with Crippen molar-refractivity contribution < 1.29 is 4.79 Å². The van der Waals surface area contributed by atoms with Gasteiger partial charge in [0.25, 0.3) is 5.91 Å². The Kier molecular flexibility index (Phi) is 3.88. The lowest BCUT2D eigenvalue weighted by atomic mass is 10.2. The molecule has 1 fully saturated rings. The number of amides is 1. The number of hydrogen-bond acceptors (Lipinski definition) is 5. The summed E-state index contributed by atoms with van der Waals surface area (Å²) in [4.78, 5) is 17.7. The fourth-order valence-corrected chi connectivity index (χ4v) is 4.06. The second kappa shape index (κ2) is 6.17. The van der Waals surface area contributed by atoms with Crippen molar-refractivity contribution in [1.82, 2.24) is 15.1 Å². The molecule has 4 rings (SSSR count). The molecule has 0 aliphatic carbocycles. The number of aromatic amines is 1. The summed E-state index contributed by atoms with van der Waals surface area (Å²) in [5.74, 6) is 1.09. The zero-order valence-corrected chi connectivity index (χ0v) is 14.1. The summed E-state index contributed by atoms with van der Waals surface area (Å²) < 4.78 is 0. The molecular formula is C16H16N4OS2. The van der Waals surface area contributed by atoms with E-state index in [1.165, 1.54) is 4.88 Å². The molecule has 1 N–H and O–H groups in total. The minimum atomic E-state index is 0.132. The molecule has 0 atom stereocenters. The summed E-state index contributed by atoms with van der Waals surface area (Å²) in [6.45, 7) is 3.08. The SMILES string of the molecule is O=C(c1ccsc1)N1CCN(c2cc(-c3cccs3)[nH]n2)CC1. The summed E-state index contributed by atoms with van der Waals surface area (Å²) in [6.07, 6.45) is 0. The Hall–Kier alpha value is -2.12. The molecular weight excluding hydrogens is 328 g/mol. The van der Waals surface area contributed by atoms with Crippen LogP contribution < -0.4 is 4.90 Å². The normalized spacial score (nSPS) is 15.1. The Labute approximate surface area is 142 Å². The van der Waals surface area contributed by atoms with Gasteiger partial charge in [-0.15, -0.1) is 11.3 Å². The second-order valence-electron chi connectivity index (χ2n) is 5.41. The zero-order chi connectivity index (χ0) is 15.6. The Morgan fingerprint density at radius 1 is 1.17 bits per heavy atom. The molecule has 0 spiro atoms. The number of anilines is 1. The van der Waals surface area contributed by atoms with Crippen LogP contribution in [-0.4, -0.2) is 47.2 Å². The molecule has 7 heteroatoms. The molecule has 0 radical (unpaired) electrons. The van der Waals surface area contributed by atoms with Crippen LogP contribution in [0.1, 0.15) is 10.4 Å². The lowest BCUT2D eigenvalue weighted by Crippen LogP contribution is -2.48. The van der Waals surface area contributed by atoms with Gasteiger partial charge in [0.1, 0.15) is 0 Å². The molecule has 1 aliphatic rings. The quantitative estimate of drug-likeness (QED) is 0.794. The third kappa shape index (κ3) is 2.89. The summed E-state index contributed by atoms with van der Waals surface area (Å²) in [5.41, 5.74) is 1.84. The molecule has 23 heavy (non-hydrogen) atoms. The van der Waals surface area contributed by atoms with Crippen LogP contribution in [0.15, 0.2) is 40.4 Å². The average molecular weight is 344 g/mol. The number of hydrogen-bond donors (Lipinski definition) is 1. The van der Waals surface area contributed by atoms with Crippen molar-refractivity contribution in [2.45, 2.75) is 0 Å². The number of nitrogens with zero attached hydrogens (tertiary/aromatic N) is 3. The maximum Gasteiger partial charge on any atom is 0.254 e. The van der Waals surface area contributed by atoms with Gasteiger partial charge in [0, 0.05) is 37.6 Å². The number of carbonyl (C=O) groups is 1. The molecule has 1 aliphatic heterocycles. The van der Waals surface area contributed by atoms with Crippen LogP contribution in [0.3, 0.4) is 0 Å².